The second kappa shape index (κ2) is 5.99. The predicted octanol–water partition coefficient (Wildman–Crippen LogP) is 1.54. The van der Waals surface area contributed by atoms with Crippen molar-refractivity contribution >= 4 is 9.84 Å². The molecule has 2 aromatic rings. The summed E-state index contributed by atoms with van der Waals surface area (Å²) in [7, 11) is -2.85. The van der Waals surface area contributed by atoms with Crippen LogP contribution in [0.4, 0.5) is 0 Å². The van der Waals surface area contributed by atoms with Gasteiger partial charge in [0.2, 0.25) is 0 Å². The summed E-state index contributed by atoms with van der Waals surface area (Å²) in [4.78, 5) is 0. The lowest BCUT2D eigenvalue weighted by Crippen LogP contribution is -2.30. The van der Waals surface area contributed by atoms with Gasteiger partial charge in [0.25, 0.3) is 0 Å². The molecule has 6 heteroatoms. The van der Waals surface area contributed by atoms with Gasteiger partial charge in [0.1, 0.15) is 0 Å². The topological polar surface area (TPSA) is 64.0 Å². The van der Waals surface area contributed by atoms with E-state index in [2.05, 4.69) is 10.4 Å². The van der Waals surface area contributed by atoms with Crippen molar-refractivity contribution < 1.29 is 8.42 Å². The highest BCUT2D eigenvalue weighted by Crippen LogP contribution is 2.19. The minimum Gasteiger partial charge on any atom is -0.311 e. The fourth-order valence-corrected chi connectivity index (χ4v) is 4.45. The third kappa shape index (κ3) is 3.33. The first-order valence-corrected chi connectivity index (χ1v) is 8.88. The summed E-state index contributed by atoms with van der Waals surface area (Å²) in [5.74, 6) is 0.345. The molecule has 1 saturated heterocycles. The van der Waals surface area contributed by atoms with Gasteiger partial charge in [0.15, 0.2) is 9.84 Å². The summed E-state index contributed by atoms with van der Waals surface area (Å²) in [6.07, 6.45) is 5.23. The largest absolute Gasteiger partial charge is 0.311 e. The lowest BCUT2D eigenvalue weighted by Gasteiger charge is -2.11. The molecule has 3 rings (SSSR count). The van der Waals surface area contributed by atoms with Crippen molar-refractivity contribution in [1.82, 2.24) is 15.1 Å². The van der Waals surface area contributed by atoms with Crippen LogP contribution in [0.2, 0.25) is 0 Å². The third-order valence-electron chi connectivity index (χ3n) is 3.87. The molecule has 1 aromatic heterocycles. The molecular formula is C15H19N3O2S. The summed E-state index contributed by atoms with van der Waals surface area (Å²) in [6, 6.07) is 9.98. The van der Waals surface area contributed by atoms with Crippen molar-refractivity contribution in [3.05, 3.63) is 48.3 Å². The molecule has 1 unspecified atom stereocenters. The van der Waals surface area contributed by atoms with Crippen molar-refractivity contribution in [3.63, 3.8) is 0 Å². The molecule has 5 nitrogen and oxygen atoms in total. The standard InChI is InChI=1S/C15H19N3O2S/c19-21(20)10-1-3-15(21)12-16-11-13-4-6-14(7-5-13)18-9-2-8-17-18/h2,4-9,15-16H,1,3,10-12H2. The fourth-order valence-electron chi connectivity index (χ4n) is 2.65. The number of rotatable bonds is 5. The highest BCUT2D eigenvalue weighted by Gasteiger charge is 2.30. The lowest BCUT2D eigenvalue weighted by molar-refractivity contribution is 0.574. The molecule has 2 heterocycles. The van der Waals surface area contributed by atoms with Gasteiger partial charge in [-0.2, -0.15) is 5.10 Å². The number of nitrogens with one attached hydrogen (secondary N) is 1. The van der Waals surface area contributed by atoms with Crippen LogP contribution in [0.15, 0.2) is 42.7 Å². The van der Waals surface area contributed by atoms with Crippen LogP contribution in [-0.2, 0) is 16.4 Å². The van der Waals surface area contributed by atoms with Crippen molar-refractivity contribution in [1.29, 1.82) is 0 Å². The Labute approximate surface area is 124 Å². The van der Waals surface area contributed by atoms with Gasteiger partial charge in [-0.05, 0) is 36.6 Å². The van der Waals surface area contributed by atoms with Gasteiger partial charge >= 0.3 is 0 Å². The van der Waals surface area contributed by atoms with Crippen LogP contribution < -0.4 is 5.32 Å². The minimum atomic E-state index is -2.85. The molecule has 1 aliphatic rings. The van der Waals surface area contributed by atoms with Gasteiger partial charge in [-0.15, -0.1) is 0 Å². The van der Waals surface area contributed by atoms with Crippen molar-refractivity contribution in [3.8, 4) is 5.69 Å². The summed E-state index contributed by atoms with van der Waals surface area (Å²) < 4.78 is 25.3. The number of aromatic nitrogens is 2. The SMILES string of the molecule is O=S1(=O)CCCC1CNCc1ccc(-n2cccn2)cc1. The molecule has 1 aliphatic heterocycles. The van der Waals surface area contributed by atoms with Crippen LogP contribution in [0.25, 0.3) is 5.69 Å². The maximum absolute atomic E-state index is 11.7. The van der Waals surface area contributed by atoms with Crippen LogP contribution in [-0.4, -0.2) is 35.7 Å². The van der Waals surface area contributed by atoms with Gasteiger partial charge in [-0.1, -0.05) is 12.1 Å². The van der Waals surface area contributed by atoms with Crippen LogP contribution in [0.3, 0.4) is 0 Å². The van der Waals surface area contributed by atoms with Gasteiger partial charge in [0.05, 0.1) is 16.7 Å². The van der Waals surface area contributed by atoms with E-state index in [4.69, 9.17) is 0 Å². The Morgan fingerprint density at radius 2 is 2.10 bits per heavy atom. The molecule has 1 atom stereocenters. The van der Waals surface area contributed by atoms with E-state index in [1.807, 2.05) is 41.2 Å². The molecule has 0 bridgehead atoms. The smallest absolute Gasteiger partial charge is 0.154 e. The van der Waals surface area contributed by atoms with E-state index in [0.717, 1.165) is 24.1 Å². The van der Waals surface area contributed by atoms with E-state index in [1.165, 1.54) is 0 Å². The molecule has 0 spiro atoms. The number of hydrogen-bond acceptors (Lipinski definition) is 4. The summed E-state index contributed by atoms with van der Waals surface area (Å²) in [6.45, 7) is 1.23. The van der Waals surface area contributed by atoms with E-state index in [0.29, 0.717) is 18.8 Å². The van der Waals surface area contributed by atoms with Crippen LogP contribution in [0, 0.1) is 0 Å². The Morgan fingerprint density at radius 3 is 2.71 bits per heavy atom. The zero-order valence-corrected chi connectivity index (χ0v) is 12.6. The summed E-state index contributed by atoms with van der Waals surface area (Å²) >= 11 is 0. The Morgan fingerprint density at radius 1 is 1.29 bits per heavy atom. The zero-order valence-electron chi connectivity index (χ0n) is 11.8. The Balaban J connectivity index is 1.54. The van der Waals surface area contributed by atoms with Gasteiger partial charge in [0, 0.05) is 25.5 Å². The summed E-state index contributed by atoms with van der Waals surface area (Å²) in [5.41, 5.74) is 2.16. The van der Waals surface area contributed by atoms with E-state index in [1.54, 1.807) is 6.20 Å². The molecule has 1 fully saturated rings. The molecule has 21 heavy (non-hydrogen) atoms. The first-order valence-electron chi connectivity index (χ1n) is 7.16. The van der Waals surface area contributed by atoms with Gasteiger partial charge in [-0.25, -0.2) is 13.1 Å². The second-order valence-electron chi connectivity index (χ2n) is 5.38. The summed E-state index contributed by atoms with van der Waals surface area (Å²) in [5, 5.41) is 7.23. The third-order valence-corrected chi connectivity index (χ3v) is 6.15. The van der Waals surface area contributed by atoms with Crippen molar-refractivity contribution in [2.75, 3.05) is 12.3 Å². The van der Waals surface area contributed by atoms with E-state index >= 15 is 0 Å². The van der Waals surface area contributed by atoms with Crippen LogP contribution >= 0.6 is 0 Å². The maximum atomic E-state index is 11.7. The van der Waals surface area contributed by atoms with Crippen molar-refractivity contribution in [2.45, 2.75) is 24.6 Å². The van der Waals surface area contributed by atoms with E-state index in [9.17, 15) is 8.42 Å². The molecule has 0 aliphatic carbocycles. The lowest BCUT2D eigenvalue weighted by atomic mass is 10.2. The maximum Gasteiger partial charge on any atom is 0.154 e. The van der Waals surface area contributed by atoms with Crippen LogP contribution in [0.5, 0.6) is 0 Å². The average molecular weight is 305 g/mol. The molecule has 1 N–H and O–H groups in total. The highest BCUT2D eigenvalue weighted by atomic mass is 32.2. The number of hydrogen-bond donors (Lipinski definition) is 1. The highest BCUT2D eigenvalue weighted by molar-refractivity contribution is 7.92. The monoisotopic (exact) mass is 305 g/mol. The number of nitrogens with zero attached hydrogens (tertiary/aromatic N) is 2. The molecule has 0 amide bonds. The second-order valence-corrected chi connectivity index (χ2v) is 7.78. The first kappa shape index (κ1) is 14.3. The normalized spacial score (nSPS) is 20.7. The van der Waals surface area contributed by atoms with Crippen molar-refractivity contribution in [2.24, 2.45) is 0 Å². The quantitative estimate of drug-likeness (QED) is 0.910. The average Bonchev–Trinajstić information content (AvgIpc) is 3.10. The molecule has 0 saturated carbocycles. The first-order chi connectivity index (χ1) is 10.1. The number of benzene rings is 1. The number of sulfone groups is 1. The molecule has 112 valence electrons. The molecular weight excluding hydrogens is 286 g/mol. The van der Waals surface area contributed by atoms with E-state index in [-0.39, 0.29) is 5.25 Å². The molecule has 0 radical (unpaired) electrons. The Hall–Kier alpha value is -1.66. The molecule has 1 aromatic carbocycles. The zero-order chi connectivity index (χ0) is 14.7. The Kier molecular flexibility index (Phi) is 4.07. The Bertz CT molecular complexity index is 678. The van der Waals surface area contributed by atoms with Gasteiger partial charge < -0.3 is 5.32 Å². The van der Waals surface area contributed by atoms with Gasteiger partial charge in [-0.3, -0.25) is 0 Å². The van der Waals surface area contributed by atoms with E-state index < -0.39 is 9.84 Å². The predicted molar refractivity (Wildman–Crippen MR) is 82.1 cm³/mol. The van der Waals surface area contributed by atoms with Crippen LogP contribution in [0.1, 0.15) is 18.4 Å². The minimum absolute atomic E-state index is 0.208. The fraction of sp³-hybridized carbons (Fsp3) is 0.400.